The van der Waals surface area contributed by atoms with Crippen LogP contribution in [-0.2, 0) is 4.79 Å². The van der Waals surface area contributed by atoms with Crippen molar-refractivity contribution in [3.05, 3.63) is 0 Å². The molecule has 0 aliphatic heterocycles. The maximum atomic E-state index is 12.3. The molecule has 18 heavy (non-hydrogen) atoms. The molecule has 2 aliphatic carbocycles. The predicted molar refractivity (Wildman–Crippen MR) is 77.6 cm³/mol. The Morgan fingerprint density at radius 1 is 1.22 bits per heavy atom. The van der Waals surface area contributed by atoms with Gasteiger partial charge in [0.1, 0.15) is 0 Å². The van der Waals surface area contributed by atoms with E-state index in [1.54, 1.807) is 0 Å². The van der Waals surface area contributed by atoms with Crippen molar-refractivity contribution in [3.8, 4) is 0 Å². The Labute approximate surface area is 115 Å². The molecule has 0 radical (unpaired) electrons. The van der Waals surface area contributed by atoms with Crippen LogP contribution in [0, 0.1) is 5.92 Å². The summed E-state index contributed by atoms with van der Waals surface area (Å²) in [4.78, 5) is 12.3. The van der Waals surface area contributed by atoms with Crippen molar-refractivity contribution in [1.82, 2.24) is 5.32 Å². The molecule has 0 spiro atoms. The lowest BCUT2D eigenvalue weighted by Gasteiger charge is -2.30. The monoisotopic (exact) mass is 270 g/mol. The summed E-state index contributed by atoms with van der Waals surface area (Å²) in [6, 6.07) is 0.467. The summed E-state index contributed by atoms with van der Waals surface area (Å²) < 4.78 is 0. The highest BCUT2D eigenvalue weighted by Gasteiger charge is 2.33. The second kappa shape index (κ2) is 6.80. The van der Waals surface area contributed by atoms with Gasteiger partial charge in [-0.25, -0.2) is 0 Å². The second-order valence-electron chi connectivity index (χ2n) is 5.59. The van der Waals surface area contributed by atoms with E-state index < -0.39 is 0 Å². The van der Waals surface area contributed by atoms with Gasteiger partial charge in [-0.3, -0.25) is 4.79 Å². The molecule has 3 N–H and O–H groups in total. The molecule has 2 fully saturated rings. The molecule has 1 amide bonds. The largest absolute Gasteiger partial charge is 0.352 e. The van der Waals surface area contributed by atoms with Gasteiger partial charge in [0.2, 0.25) is 5.91 Å². The van der Waals surface area contributed by atoms with Crippen LogP contribution in [0.25, 0.3) is 0 Å². The molecule has 4 atom stereocenters. The smallest absolute Gasteiger partial charge is 0.224 e. The van der Waals surface area contributed by atoms with E-state index >= 15 is 0 Å². The van der Waals surface area contributed by atoms with Gasteiger partial charge < -0.3 is 11.1 Å². The Morgan fingerprint density at radius 3 is 2.72 bits per heavy atom. The maximum absolute atomic E-state index is 12.3. The average molecular weight is 270 g/mol. The lowest BCUT2D eigenvalue weighted by Crippen LogP contribution is -2.48. The number of carbonyl (C=O) groups excluding carboxylic acids is 1. The van der Waals surface area contributed by atoms with Crippen LogP contribution in [-0.4, -0.2) is 29.0 Å². The Morgan fingerprint density at radius 2 is 2.00 bits per heavy atom. The lowest BCUT2D eigenvalue weighted by molar-refractivity contribution is -0.127. The molecule has 4 heteroatoms. The summed E-state index contributed by atoms with van der Waals surface area (Å²) >= 11 is 1.99. The van der Waals surface area contributed by atoms with Crippen molar-refractivity contribution in [3.63, 3.8) is 0 Å². The third-order valence-electron chi connectivity index (χ3n) is 4.32. The minimum Gasteiger partial charge on any atom is -0.352 e. The third kappa shape index (κ3) is 3.41. The van der Waals surface area contributed by atoms with E-state index in [1.165, 1.54) is 19.3 Å². The van der Waals surface area contributed by atoms with Crippen molar-refractivity contribution in [2.45, 2.75) is 69.2 Å². The topological polar surface area (TPSA) is 55.1 Å². The fraction of sp³-hybridized carbons (Fsp3) is 0.929. The summed E-state index contributed by atoms with van der Waals surface area (Å²) in [5, 5.41) is 3.90. The quantitative estimate of drug-likeness (QED) is 0.824. The van der Waals surface area contributed by atoms with Crippen LogP contribution in [0.3, 0.4) is 0 Å². The summed E-state index contributed by atoms with van der Waals surface area (Å²) in [5.74, 6) is 1.42. The molecule has 0 heterocycles. The Balaban J connectivity index is 1.86. The van der Waals surface area contributed by atoms with E-state index in [0.717, 1.165) is 31.4 Å². The summed E-state index contributed by atoms with van der Waals surface area (Å²) in [5.41, 5.74) is 6.08. The Bertz CT molecular complexity index is 285. The van der Waals surface area contributed by atoms with Crippen molar-refractivity contribution < 1.29 is 4.79 Å². The van der Waals surface area contributed by atoms with Crippen LogP contribution in [0.1, 0.15) is 51.9 Å². The SMILES string of the molecule is CCSC1CCCC1NC(=O)C1CCCCC1N. The van der Waals surface area contributed by atoms with Gasteiger partial charge in [0.25, 0.3) is 0 Å². The van der Waals surface area contributed by atoms with Crippen LogP contribution >= 0.6 is 11.8 Å². The molecular weight excluding hydrogens is 244 g/mol. The standard InChI is InChI=1S/C14H26N2OS/c1-2-18-13-9-5-8-12(13)16-14(17)10-6-3-4-7-11(10)15/h10-13H,2-9,15H2,1H3,(H,16,17). The van der Waals surface area contributed by atoms with Gasteiger partial charge >= 0.3 is 0 Å². The molecule has 0 aromatic rings. The first-order valence-corrected chi connectivity index (χ1v) is 8.44. The normalized spacial score (nSPS) is 36.6. The number of thioether (sulfide) groups is 1. The zero-order chi connectivity index (χ0) is 13.0. The number of nitrogens with one attached hydrogen (secondary N) is 1. The predicted octanol–water partition coefficient (Wildman–Crippen LogP) is 2.29. The number of rotatable bonds is 4. The number of hydrogen-bond donors (Lipinski definition) is 2. The van der Waals surface area contributed by atoms with Crippen LogP contribution < -0.4 is 11.1 Å². The van der Waals surface area contributed by atoms with E-state index in [2.05, 4.69) is 12.2 Å². The fourth-order valence-electron chi connectivity index (χ4n) is 3.28. The molecule has 104 valence electrons. The number of hydrogen-bond acceptors (Lipinski definition) is 3. The highest BCUT2D eigenvalue weighted by Crippen LogP contribution is 2.31. The highest BCUT2D eigenvalue weighted by atomic mass is 32.2. The van der Waals surface area contributed by atoms with E-state index in [4.69, 9.17) is 5.73 Å². The van der Waals surface area contributed by atoms with E-state index in [-0.39, 0.29) is 17.9 Å². The molecule has 3 nitrogen and oxygen atoms in total. The molecule has 2 rings (SSSR count). The first-order chi connectivity index (χ1) is 8.72. The summed E-state index contributed by atoms with van der Waals surface area (Å²) in [6.45, 7) is 2.19. The molecule has 2 saturated carbocycles. The van der Waals surface area contributed by atoms with Crippen LogP contribution in [0.4, 0.5) is 0 Å². The second-order valence-corrected chi connectivity index (χ2v) is 7.11. The molecule has 4 unspecified atom stereocenters. The zero-order valence-electron chi connectivity index (χ0n) is 11.4. The zero-order valence-corrected chi connectivity index (χ0v) is 12.2. The van der Waals surface area contributed by atoms with E-state index in [1.807, 2.05) is 11.8 Å². The van der Waals surface area contributed by atoms with Crippen LogP contribution in [0.15, 0.2) is 0 Å². The fourth-order valence-corrected chi connectivity index (χ4v) is 4.48. The van der Waals surface area contributed by atoms with Crippen LogP contribution in [0.5, 0.6) is 0 Å². The Hall–Kier alpha value is -0.220. The lowest BCUT2D eigenvalue weighted by atomic mass is 9.84. The van der Waals surface area contributed by atoms with Gasteiger partial charge in [0.05, 0.1) is 5.92 Å². The third-order valence-corrected chi connectivity index (χ3v) is 5.64. The number of amides is 1. The minimum atomic E-state index is 0.0617. The van der Waals surface area contributed by atoms with Gasteiger partial charge in [-0.15, -0.1) is 0 Å². The van der Waals surface area contributed by atoms with Gasteiger partial charge in [-0.2, -0.15) is 11.8 Å². The van der Waals surface area contributed by atoms with Gasteiger partial charge in [-0.05, 0) is 31.4 Å². The Kier molecular flexibility index (Phi) is 5.37. The van der Waals surface area contributed by atoms with Crippen LogP contribution in [0.2, 0.25) is 0 Å². The molecular formula is C14H26N2OS. The van der Waals surface area contributed by atoms with Crippen molar-refractivity contribution in [2.75, 3.05) is 5.75 Å². The number of carbonyl (C=O) groups is 1. The molecule has 0 saturated heterocycles. The highest BCUT2D eigenvalue weighted by molar-refractivity contribution is 7.99. The maximum Gasteiger partial charge on any atom is 0.224 e. The van der Waals surface area contributed by atoms with E-state index in [9.17, 15) is 4.79 Å². The van der Waals surface area contributed by atoms with Crippen molar-refractivity contribution >= 4 is 17.7 Å². The first kappa shape index (κ1) is 14.2. The molecule has 0 bridgehead atoms. The first-order valence-electron chi connectivity index (χ1n) is 7.40. The average Bonchev–Trinajstić information content (AvgIpc) is 2.78. The molecule has 0 aromatic heterocycles. The van der Waals surface area contributed by atoms with Gasteiger partial charge in [0.15, 0.2) is 0 Å². The summed E-state index contributed by atoms with van der Waals surface area (Å²) in [7, 11) is 0. The van der Waals surface area contributed by atoms with Crippen molar-refractivity contribution in [2.24, 2.45) is 11.7 Å². The van der Waals surface area contributed by atoms with Gasteiger partial charge in [-0.1, -0.05) is 26.2 Å². The summed E-state index contributed by atoms with van der Waals surface area (Å²) in [6.07, 6.45) is 7.97. The molecule has 0 aromatic carbocycles. The molecule has 2 aliphatic rings. The van der Waals surface area contributed by atoms with Crippen molar-refractivity contribution in [1.29, 1.82) is 0 Å². The minimum absolute atomic E-state index is 0.0617. The van der Waals surface area contributed by atoms with Gasteiger partial charge in [0, 0.05) is 17.3 Å². The number of nitrogens with two attached hydrogens (primary N) is 1. The van der Waals surface area contributed by atoms with E-state index in [0.29, 0.717) is 11.3 Å².